The van der Waals surface area contributed by atoms with Gasteiger partial charge in [0.15, 0.2) is 0 Å². The second kappa shape index (κ2) is 5.16. The summed E-state index contributed by atoms with van der Waals surface area (Å²) in [6, 6.07) is 0.840. The summed E-state index contributed by atoms with van der Waals surface area (Å²) in [4.78, 5) is 0. The third-order valence-electron chi connectivity index (χ3n) is 4.45. The van der Waals surface area contributed by atoms with Gasteiger partial charge in [0.05, 0.1) is 0 Å². The van der Waals surface area contributed by atoms with Gasteiger partial charge in [0, 0.05) is 6.04 Å². The summed E-state index contributed by atoms with van der Waals surface area (Å²) in [5, 5.41) is 3.55. The first-order chi connectivity index (χ1) is 6.92. The highest BCUT2D eigenvalue weighted by Gasteiger charge is 2.31. The van der Waals surface area contributed by atoms with Gasteiger partial charge in [0.25, 0.3) is 0 Å². The topological polar surface area (TPSA) is 12.0 Å². The van der Waals surface area contributed by atoms with Gasteiger partial charge in [-0.2, -0.15) is 0 Å². The molecule has 14 heavy (non-hydrogen) atoms. The summed E-state index contributed by atoms with van der Waals surface area (Å²) in [7, 11) is 2.16. The standard InChI is InChI=1S/C13H25N/c1-14-13-10-6-5-9-12(13)11-7-3-2-4-8-11/h11-14H,2-10H2,1H3/t12-,13+/m1/s1. The quantitative estimate of drug-likeness (QED) is 0.712. The fourth-order valence-electron chi connectivity index (χ4n) is 3.64. The zero-order chi connectivity index (χ0) is 9.80. The molecule has 2 fully saturated rings. The van der Waals surface area contributed by atoms with Crippen molar-refractivity contribution in [3.63, 3.8) is 0 Å². The molecular formula is C13H25N. The van der Waals surface area contributed by atoms with Crippen LogP contribution >= 0.6 is 0 Å². The van der Waals surface area contributed by atoms with Crippen molar-refractivity contribution in [3.05, 3.63) is 0 Å². The molecule has 0 aromatic heterocycles. The van der Waals surface area contributed by atoms with Gasteiger partial charge in [0.1, 0.15) is 0 Å². The number of hydrogen-bond acceptors (Lipinski definition) is 1. The van der Waals surface area contributed by atoms with Crippen LogP contribution in [0.2, 0.25) is 0 Å². The summed E-state index contributed by atoms with van der Waals surface area (Å²) >= 11 is 0. The lowest BCUT2D eigenvalue weighted by atomic mass is 9.71. The summed E-state index contributed by atoms with van der Waals surface area (Å²) in [6.45, 7) is 0. The van der Waals surface area contributed by atoms with E-state index in [1.54, 1.807) is 0 Å². The van der Waals surface area contributed by atoms with Gasteiger partial charge in [-0.05, 0) is 31.7 Å². The SMILES string of the molecule is CN[C@H]1CCCC[C@@H]1C1CCCCC1. The molecule has 1 N–H and O–H groups in total. The molecule has 0 bridgehead atoms. The molecule has 0 radical (unpaired) electrons. The molecule has 2 aliphatic rings. The van der Waals surface area contributed by atoms with Gasteiger partial charge < -0.3 is 5.32 Å². The normalized spacial score (nSPS) is 35.8. The van der Waals surface area contributed by atoms with Crippen molar-refractivity contribution in [1.29, 1.82) is 0 Å². The minimum atomic E-state index is 0.840. The van der Waals surface area contributed by atoms with E-state index in [4.69, 9.17) is 0 Å². The summed E-state index contributed by atoms with van der Waals surface area (Å²) in [5.74, 6) is 2.07. The highest BCUT2D eigenvalue weighted by atomic mass is 14.9. The fraction of sp³-hybridized carbons (Fsp3) is 1.00. The first kappa shape index (κ1) is 10.5. The highest BCUT2D eigenvalue weighted by molar-refractivity contribution is 4.85. The third-order valence-corrected chi connectivity index (χ3v) is 4.45. The summed E-state index contributed by atoms with van der Waals surface area (Å²) in [5.41, 5.74) is 0. The molecule has 0 unspecified atom stereocenters. The van der Waals surface area contributed by atoms with Crippen molar-refractivity contribution in [2.24, 2.45) is 11.8 Å². The Morgan fingerprint density at radius 2 is 1.43 bits per heavy atom. The molecule has 2 aliphatic carbocycles. The minimum absolute atomic E-state index is 0.840. The van der Waals surface area contributed by atoms with Gasteiger partial charge in [-0.3, -0.25) is 0 Å². The molecule has 1 heteroatoms. The maximum absolute atomic E-state index is 3.55. The van der Waals surface area contributed by atoms with Crippen LogP contribution in [0.3, 0.4) is 0 Å². The lowest BCUT2D eigenvalue weighted by Gasteiger charge is -2.38. The zero-order valence-corrected chi connectivity index (χ0v) is 9.60. The molecule has 0 aromatic rings. The van der Waals surface area contributed by atoms with Crippen LogP contribution in [0, 0.1) is 11.8 Å². The van der Waals surface area contributed by atoms with E-state index in [9.17, 15) is 0 Å². The van der Waals surface area contributed by atoms with E-state index in [0.717, 1.165) is 17.9 Å². The van der Waals surface area contributed by atoms with Crippen molar-refractivity contribution in [2.75, 3.05) is 7.05 Å². The third kappa shape index (κ3) is 2.31. The number of rotatable bonds is 2. The van der Waals surface area contributed by atoms with Crippen LogP contribution in [0.15, 0.2) is 0 Å². The predicted octanol–water partition coefficient (Wildman–Crippen LogP) is 3.34. The monoisotopic (exact) mass is 195 g/mol. The number of hydrogen-bond donors (Lipinski definition) is 1. The van der Waals surface area contributed by atoms with E-state index < -0.39 is 0 Å². The molecule has 0 aromatic carbocycles. The average Bonchev–Trinajstić information content (AvgIpc) is 2.30. The predicted molar refractivity (Wildman–Crippen MR) is 61.4 cm³/mol. The highest BCUT2D eigenvalue weighted by Crippen LogP contribution is 2.38. The zero-order valence-electron chi connectivity index (χ0n) is 9.60. The van der Waals surface area contributed by atoms with Crippen LogP contribution in [0.4, 0.5) is 0 Å². The Hall–Kier alpha value is -0.0400. The van der Waals surface area contributed by atoms with Crippen molar-refractivity contribution < 1.29 is 0 Å². The van der Waals surface area contributed by atoms with E-state index in [1.165, 1.54) is 57.8 Å². The van der Waals surface area contributed by atoms with Crippen LogP contribution in [0.5, 0.6) is 0 Å². The Balaban J connectivity index is 1.91. The Kier molecular flexibility index (Phi) is 3.86. The molecule has 0 spiro atoms. The van der Waals surface area contributed by atoms with Crippen molar-refractivity contribution in [1.82, 2.24) is 5.32 Å². The van der Waals surface area contributed by atoms with E-state index in [1.807, 2.05) is 0 Å². The van der Waals surface area contributed by atoms with E-state index in [-0.39, 0.29) is 0 Å². The Bertz CT molecular complexity index is 161. The maximum Gasteiger partial charge on any atom is 0.00949 e. The second-order valence-electron chi connectivity index (χ2n) is 5.24. The summed E-state index contributed by atoms with van der Waals surface area (Å²) < 4.78 is 0. The molecule has 2 rings (SSSR count). The van der Waals surface area contributed by atoms with Crippen LogP contribution in [0.25, 0.3) is 0 Å². The van der Waals surface area contributed by atoms with E-state index in [0.29, 0.717) is 0 Å². The molecule has 0 heterocycles. The van der Waals surface area contributed by atoms with Crippen molar-refractivity contribution in [2.45, 2.75) is 63.8 Å². The minimum Gasteiger partial charge on any atom is -0.317 e. The van der Waals surface area contributed by atoms with Crippen LogP contribution in [0.1, 0.15) is 57.8 Å². The first-order valence-electron chi connectivity index (χ1n) is 6.59. The fourth-order valence-corrected chi connectivity index (χ4v) is 3.64. The first-order valence-corrected chi connectivity index (χ1v) is 6.59. The maximum atomic E-state index is 3.55. The van der Waals surface area contributed by atoms with Gasteiger partial charge in [0.2, 0.25) is 0 Å². The lowest BCUT2D eigenvalue weighted by Crippen LogP contribution is -2.40. The summed E-state index contributed by atoms with van der Waals surface area (Å²) in [6.07, 6.45) is 13.4. The van der Waals surface area contributed by atoms with E-state index in [2.05, 4.69) is 12.4 Å². The molecule has 0 aliphatic heterocycles. The molecule has 1 nitrogen and oxygen atoms in total. The Labute approximate surface area is 88.7 Å². The second-order valence-corrected chi connectivity index (χ2v) is 5.24. The Morgan fingerprint density at radius 3 is 2.14 bits per heavy atom. The molecule has 2 atom stereocenters. The van der Waals surface area contributed by atoms with Gasteiger partial charge in [-0.15, -0.1) is 0 Å². The lowest BCUT2D eigenvalue weighted by molar-refractivity contribution is 0.155. The molecule has 2 saturated carbocycles. The smallest absolute Gasteiger partial charge is 0.00949 e. The van der Waals surface area contributed by atoms with Crippen LogP contribution < -0.4 is 5.32 Å². The van der Waals surface area contributed by atoms with Gasteiger partial charge in [-0.25, -0.2) is 0 Å². The molecule has 0 amide bonds. The Morgan fingerprint density at radius 1 is 0.786 bits per heavy atom. The number of nitrogens with one attached hydrogen (secondary N) is 1. The molecule has 82 valence electrons. The van der Waals surface area contributed by atoms with Crippen LogP contribution in [-0.4, -0.2) is 13.1 Å². The van der Waals surface area contributed by atoms with Crippen molar-refractivity contribution >= 4 is 0 Å². The van der Waals surface area contributed by atoms with Crippen molar-refractivity contribution in [3.8, 4) is 0 Å². The molecular weight excluding hydrogens is 170 g/mol. The van der Waals surface area contributed by atoms with Gasteiger partial charge in [-0.1, -0.05) is 44.9 Å². The van der Waals surface area contributed by atoms with E-state index >= 15 is 0 Å². The average molecular weight is 195 g/mol. The van der Waals surface area contributed by atoms with Gasteiger partial charge >= 0.3 is 0 Å². The van der Waals surface area contributed by atoms with Crippen LogP contribution in [-0.2, 0) is 0 Å². The largest absolute Gasteiger partial charge is 0.317 e. The molecule has 0 saturated heterocycles.